The van der Waals surface area contributed by atoms with Crippen molar-refractivity contribution in [1.82, 2.24) is 14.9 Å². The van der Waals surface area contributed by atoms with Crippen molar-refractivity contribution in [2.45, 2.75) is 114 Å². The van der Waals surface area contributed by atoms with Gasteiger partial charge in [0.25, 0.3) is 5.56 Å². The van der Waals surface area contributed by atoms with E-state index in [2.05, 4.69) is 17.2 Å². The van der Waals surface area contributed by atoms with Crippen LogP contribution in [0.1, 0.15) is 102 Å². The molecule has 6 heteroatoms. The predicted molar refractivity (Wildman–Crippen MR) is 120 cm³/mol. The van der Waals surface area contributed by atoms with Crippen LogP contribution in [0.25, 0.3) is 0 Å². The van der Waals surface area contributed by atoms with Crippen molar-refractivity contribution in [3.05, 3.63) is 22.1 Å². The quantitative estimate of drug-likeness (QED) is 0.681. The SMILES string of the molecule is CCCc1cc(=O)n2c(n1)SCC2CC(=O)NC1CCCCCCCCCCC1. The summed E-state index contributed by atoms with van der Waals surface area (Å²) in [6.45, 7) is 2.09. The number of rotatable bonds is 5. The van der Waals surface area contributed by atoms with Crippen LogP contribution in [0.15, 0.2) is 16.0 Å². The highest BCUT2D eigenvalue weighted by Gasteiger charge is 2.28. The van der Waals surface area contributed by atoms with E-state index in [1.807, 2.05) is 0 Å². The second-order valence-corrected chi connectivity index (χ2v) is 9.67. The lowest BCUT2D eigenvalue weighted by molar-refractivity contribution is -0.122. The normalized spacial score (nSPS) is 21.8. The topological polar surface area (TPSA) is 64.0 Å². The molecule has 1 atom stereocenters. The number of hydrogen-bond acceptors (Lipinski definition) is 4. The second-order valence-electron chi connectivity index (χ2n) is 8.68. The van der Waals surface area contributed by atoms with Crippen molar-refractivity contribution < 1.29 is 4.79 Å². The summed E-state index contributed by atoms with van der Waals surface area (Å²) in [7, 11) is 0. The number of fused-ring (bicyclic) bond motifs is 1. The fraction of sp³-hybridized carbons (Fsp3) is 0.783. The molecule has 1 saturated carbocycles. The summed E-state index contributed by atoms with van der Waals surface area (Å²) in [6, 6.07) is 1.87. The molecule has 0 saturated heterocycles. The molecule has 0 aromatic carbocycles. The Morgan fingerprint density at radius 3 is 2.34 bits per heavy atom. The van der Waals surface area contributed by atoms with Crippen molar-refractivity contribution in [2.24, 2.45) is 0 Å². The van der Waals surface area contributed by atoms with Gasteiger partial charge in [0.2, 0.25) is 5.91 Å². The first-order valence-electron chi connectivity index (χ1n) is 11.7. The molecule has 1 aromatic heterocycles. The Labute approximate surface area is 179 Å². The van der Waals surface area contributed by atoms with Gasteiger partial charge in [0.05, 0.1) is 6.04 Å². The number of thioether (sulfide) groups is 1. The lowest BCUT2D eigenvalue weighted by atomic mass is 9.97. The number of aryl methyl sites for hydroxylation is 1. The van der Waals surface area contributed by atoms with E-state index < -0.39 is 0 Å². The molecular weight excluding hydrogens is 382 g/mol. The van der Waals surface area contributed by atoms with Gasteiger partial charge in [-0.3, -0.25) is 14.2 Å². The fourth-order valence-corrected chi connectivity index (χ4v) is 5.71. The van der Waals surface area contributed by atoms with Gasteiger partial charge in [0, 0.05) is 30.0 Å². The van der Waals surface area contributed by atoms with Gasteiger partial charge in [-0.2, -0.15) is 0 Å². The second kappa shape index (κ2) is 11.8. The van der Waals surface area contributed by atoms with Crippen LogP contribution in [0.3, 0.4) is 0 Å². The molecule has 0 radical (unpaired) electrons. The summed E-state index contributed by atoms with van der Waals surface area (Å²) in [5.74, 6) is 0.848. The number of nitrogens with zero attached hydrogens (tertiary/aromatic N) is 2. The molecule has 2 heterocycles. The van der Waals surface area contributed by atoms with Crippen LogP contribution in [0.5, 0.6) is 0 Å². The van der Waals surface area contributed by atoms with Crippen LogP contribution >= 0.6 is 11.8 Å². The Kier molecular flexibility index (Phi) is 9.09. The monoisotopic (exact) mass is 419 g/mol. The van der Waals surface area contributed by atoms with Crippen LogP contribution in [-0.2, 0) is 11.2 Å². The van der Waals surface area contributed by atoms with Crippen LogP contribution < -0.4 is 10.9 Å². The predicted octanol–water partition coefficient (Wildman–Crippen LogP) is 5.02. The van der Waals surface area contributed by atoms with E-state index in [4.69, 9.17) is 0 Å². The Hall–Kier alpha value is -1.30. The third-order valence-electron chi connectivity index (χ3n) is 6.14. The van der Waals surface area contributed by atoms with Crippen molar-refractivity contribution >= 4 is 17.7 Å². The number of hydrogen-bond donors (Lipinski definition) is 1. The van der Waals surface area contributed by atoms with E-state index >= 15 is 0 Å². The summed E-state index contributed by atoms with van der Waals surface area (Å²) >= 11 is 1.61. The van der Waals surface area contributed by atoms with Crippen LogP contribution in [-0.4, -0.2) is 27.3 Å². The molecule has 3 rings (SSSR count). The molecule has 29 heavy (non-hydrogen) atoms. The average Bonchev–Trinajstić information content (AvgIpc) is 3.07. The van der Waals surface area contributed by atoms with E-state index in [1.165, 1.54) is 57.8 Å². The van der Waals surface area contributed by atoms with Gasteiger partial charge in [-0.15, -0.1) is 0 Å². The first-order chi connectivity index (χ1) is 14.2. The molecular formula is C23H37N3O2S. The Morgan fingerprint density at radius 2 is 1.72 bits per heavy atom. The summed E-state index contributed by atoms with van der Waals surface area (Å²) in [5, 5.41) is 4.08. The highest BCUT2D eigenvalue weighted by Crippen LogP contribution is 2.32. The number of amides is 1. The van der Waals surface area contributed by atoms with Crippen molar-refractivity contribution in [1.29, 1.82) is 0 Å². The smallest absolute Gasteiger partial charge is 0.254 e. The van der Waals surface area contributed by atoms with E-state index in [0.29, 0.717) is 6.42 Å². The van der Waals surface area contributed by atoms with Gasteiger partial charge in [-0.05, 0) is 19.3 Å². The molecule has 2 aliphatic rings. The maximum absolute atomic E-state index is 12.8. The van der Waals surface area contributed by atoms with E-state index in [1.54, 1.807) is 22.4 Å². The van der Waals surface area contributed by atoms with Crippen LogP contribution in [0.4, 0.5) is 0 Å². The lowest BCUT2D eigenvalue weighted by Crippen LogP contribution is -2.37. The molecule has 1 aliphatic heterocycles. The third-order valence-corrected chi connectivity index (χ3v) is 7.24. The summed E-state index contributed by atoms with van der Waals surface area (Å²) in [6.07, 6.45) is 16.1. The zero-order chi connectivity index (χ0) is 20.5. The third kappa shape index (κ3) is 6.87. The lowest BCUT2D eigenvalue weighted by Gasteiger charge is -2.21. The standard InChI is InChI=1S/C23H37N3O2S/c1-2-12-19-15-22(28)26-20(17-29-23(26)25-19)16-21(27)24-18-13-10-8-6-4-3-5-7-9-11-14-18/h15,18,20H,2-14,16-17H2,1H3,(H,24,27). The molecule has 0 spiro atoms. The van der Waals surface area contributed by atoms with Crippen molar-refractivity contribution in [3.8, 4) is 0 Å². The summed E-state index contributed by atoms with van der Waals surface area (Å²) < 4.78 is 1.74. The molecule has 0 bridgehead atoms. The molecule has 1 N–H and O–H groups in total. The van der Waals surface area contributed by atoms with Gasteiger partial charge >= 0.3 is 0 Å². The van der Waals surface area contributed by atoms with Gasteiger partial charge < -0.3 is 5.32 Å². The molecule has 1 aromatic rings. The fourth-order valence-electron chi connectivity index (χ4n) is 4.54. The number of carbonyl (C=O) groups excluding carboxylic acids is 1. The van der Waals surface area contributed by atoms with E-state index in [0.717, 1.165) is 42.3 Å². The number of aromatic nitrogens is 2. The Morgan fingerprint density at radius 1 is 1.10 bits per heavy atom. The average molecular weight is 420 g/mol. The zero-order valence-corrected chi connectivity index (χ0v) is 18.8. The van der Waals surface area contributed by atoms with E-state index in [-0.39, 0.29) is 23.6 Å². The zero-order valence-electron chi connectivity index (χ0n) is 18.0. The molecule has 1 fully saturated rings. The highest BCUT2D eigenvalue weighted by molar-refractivity contribution is 7.99. The highest BCUT2D eigenvalue weighted by atomic mass is 32.2. The minimum absolute atomic E-state index is 0.00717. The molecule has 162 valence electrons. The maximum Gasteiger partial charge on any atom is 0.254 e. The van der Waals surface area contributed by atoms with Gasteiger partial charge in [-0.25, -0.2) is 4.98 Å². The number of nitrogens with one attached hydrogen (secondary N) is 1. The summed E-state index contributed by atoms with van der Waals surface area (Å²) in [4.78, 5) is 30.0. The molecule has 1 aliphatic carbocycles. The van der Waals surface area contributed by atoms with Gasteiger partial charge in [0.15, 0.2) is 5.16 Å². The molecule has 1 unspecified atom stereocenters. The Balaban J connectivity index is 1.55. The van der Waals surface area contributed by atoms with Crippen molar-refractivity contribution in [2.75, 3.05) is 5.75 Å². The largest absolute Gasteiger partial charge is 0.353 e. The van der Waals surface area contributed by atoms with E-state index in [9.17, 15) is 9.59 Å². The van der Waals surface area contributed by atoms with Gasteiger partial charge in [-0.1, -0.05) is 82.9 Å². The van der Waals surface area contributed by atoms with Crippen LogP contribution in [0, 0.1) is 0 Å². The minimum atomic E-state index is -0.0723. The van der Waals surface area contributed by atoms with Crippen LogP contribution in [0.2, 0.25) is 0 Å². The Bertz CT molecular complexity index is 707. The molecule has 5 nitrogen and oxygen atoms in total. The van der Waals surface area contributed by atoms with Gasteiger partial charge in [0.1, 0.15) is 0 Å². The molecule has 1 amide bonds. The first-order valence-corrected chi connectivity index (χ1v) is 12.7. The maximum atomic E-state index is 12.8. The number of carbonyl (C=O) groups is 1. The minimum Gasteiger partial charge on any atom is -0.353 e. The first kappa shape index (κ1) is 22.4. The summed E-state index contributed by atoms with van der Waals surface area (Å²) in [5.41, 5.74) is 0.863. The van der Waals surface area contributed by atoms with Crippen molar-refractivity contribution in [3.63, 3.8) is 0 Å².